The maximum absolute atomic E-state index is 14.8. The molecule has 3 heterocycles. The SMILES string of the molecule is Cn1ccc2n1cc[n+]2Cc1c(F)cc(C(N)=NOC2CCSCC2)cc1Cl. The molecule has 0 unspecified atom stereocenters. The van der Waals surface area contributed by atoms with Crippen molar-refractivity contribution >= 4 is 34.8 Å². The average molecular weight is 423 g/mol. The number of fused-ring (bicyclic) bond motifs is 1. The fraction of sp³-hybridized carbons (Fsp3) is 0.368. The van der Waals surface area contributed by atoms with Gasteiger partial charge in [0, 0.05) is 30.4 Å². The van der Waals surface area contributed by atoms with Crippen molar-refractivity contribution < 1.29 is 13.8 Å². The molecule has 0 radical (unpaired) electrons. The summed E-state index contributed by atoms with van der Waals surface area (Å²) >= 11 is 8.29. The lowest BCUT2D eigenvalue weighted by atomic mass is 10.1. The Morgan fingerprint density at radius 1 is 1.39 bits per heavy atom. The fourth-order valence-electron chi connectivity index (χ4n) is 3.28. The molecule has 1 saturated heterocycles. The Kier molecular flexibility index (Phi) is 5.50. The minimum absolute atomic E-state index is 0.0684. The Morgan fingerprint density at radius 3 is 2.93 bits per heavy atom. The van der Waals surface area contributed by atoms with Gasteiger partial charge in [0.25, 0.3) is 0 Å². The number of thioether (sulfide) groups is 1. The number of halogens is 2. The number of imidazole rings is 1. The molecule has 2 aromatic heterocycles. The second-order valence-corrected chi connectivity index (χ2v) is 8.46. The van der Waals surface area contributed by atoms with Gasteiger partial charge >= 0.3 is 5.65 Å². The van der Waals surface area contributed by atoms with Gasteiger partial charge in [0.2, 0.25) is 0 Å². The third kappa shape index (κ3) is 3.84. The Balaban J connectivity index is 1.54. The maximum atomic E-state index is 14.8. The van der Waals surface area contributed by atoms with Gasteiger partial charge in [0.1, 0.15) is 24.7 Å². The molecule has 1 aliphatic rings. The number of hydrogen-bond donors (Lipinski definition) is 1. The molecule has 0 spiro atoms. The summed E-state index contributed by atoms with van der Waals surface area (Å²) in [5.41, 5.74) is 7.77. The van der Waals surface area contributed by atoms with E-state index in [0.717, 1.165) is 30.0 Å². The topological polar surface area (TPSA) is 60.8 Å². The number of hydrogen-bond acceptors (Lipinski definition) is 3. The molecule has 148 valence electrons. The van der Waals surface area contributed by atoms with Crippen LogP contribution in [0.2, 0.25) is 5.02 Å². The highest BCUT2D eigenvalue weighted by atomic mass is 35.5. The number of amidine groups is 1. The van der Waals surface area contributed by atoms with Gasteiger partial charge in [-0.1, -0.05) is 16.8 Å². The van der Waals surface area contributed by atoms with Gasteiger partial charge in [-0.2, -0.15) is 11.8 Å². The van der Waals surface area contributed by atoms with Crippen LogP contribution in [0.1, 0.15) is 24.0 Å². The van der Waals surface area contributed by atoms with Crippen molar-refractivity contribution in [3.8, 4) is 0 Å². The van der Waals surface area contributed by atoms with Crippen molar-refractivity contribution in [3.05, 3.63) is 58.8 Å². The minimum Gasteiger partial charge on any atom is -0.391 e. The fourth-order valence-corrected chi connectivity index (χ4v) is 4.62. The summed E-state index contributed by atoms with van der Waals surface area (Å²) in [5.74, 6) is 1.83. The van der Waals surface area contributed by atoms with Crippen LogP contribution in [0.5, 0.6) is 0 Å². The Bertz CT molecular complexity index is 1000. The zero-order chi connectivity index (χ0) is 19.7. The predicted octanol–water partition coefficient (Wildman–Crippen LogP) is 2.94. The Labute approximate surface area is 171 Å². The molecule has 0 amide bonds. The summed E-state index contributed by atoms with van der Waals surface area (Å²) in [6.45, 7) is 0.318. The van der Waals surface area contributed by atoms with Gasteiger partial charge in [-0.05, 0) is 36.5 Å². The van der Waals surface area contributed by atoms with E-state index in [-0.39, 0.29) is 11.9 Å². The minimum atomic E-state index is -0.419. The van der Waals surface area contributed by atoms with E-state index in [1.165, 1.54) is 6.07 Å². The zero-order valence-electron chi connectivity index (χ0n) is 15.5. The van der Waals surface area contributed by atoms with E-state index in [2.05, 4.69) is 5.16 Å². The van der Waals surface area contributed by atoms with E-state index in [4.69, 9.17) is 22.2 Å². The number of aromatic nitrogens is 3. The molecular weight excluding hydrogens is 401 g/mol. The number of rotatable bonds is 5. The summed E-state index contributed by atoms with van der Waals surface area (Å²) in [7, 11) is 1.94. The number of oxime groups is 1. The van der Waals surface area contributed by atoms with E-state index in [0.29, 0.717) is 22.7 Å². The molecular formula is C19H22ClFN5OS+. The van der Waals surface area contributed by atoms with Crippen molar-refractivity contribution in [2.24, 2.45) is 17.9 Å². The molecule has 1 aromatic carbocycles. The normalized spacial score (nSPS) is 16.0. The van der Waals surface area contributed by atoms with Gasteiger partial charge in [0.15, 0.2) is 12.0 Å². The molecule has 0 atom stereocenters. The van der Waals surface area contributed by atoms with Crippen LogP contribution in [0, 0.1) is 5.82 Å². The molecule has 4 rings (SSSR count). The van der Waals surface area contributed by atoms with Gasteiger partial charge in [-0.25, -0.2) is 13.6 Å². The second-order valence-electron chi connectivity index (χ2n) is 6.83. The van der Waals surface area contributed by atoms with Crippen molar-refractivity contribution in [1.29, 1.82) is 0 Å². The van der Waals surface area contributed by atoms with Crippen LogP contribution in [0.15, 0.2) is 41.9 Å². The van der Waals surface area contributed by atoms with E-state index in [9.17, 15) is 4.39 Å². The highest BCUT2D eigenvalue weighted by Gasteiger charge is 2.19. The summed E-state index contributed by atoms with van der Waals surface area (Å²) in [6, 6.07) is 4.96. The molecule has 3 aromatic rings. The number of aryl methyl sites for hydroxylation is 1. The lowest BCUT2D eigenvalue weighted by Gasteiger charge is -2.19. The number of nitrogens with zero attached hydrogens (tertiary/aromatic N) is 4. The van der Waals surface area contributed by atoms with Gasteiger partial charge in [-0.3, -0.25) is 0 Å². The molecule has 28 heavy (non-hydrogen) atoms. The summed E-state index contributed by atoms with van der Waals surface area (Å²) in [5, 5.41) is 4.31. The van der Waals surface area contributed by atoms with Crippen LogP contribution < -0.4 is 10.3 Å². The summed E-state index contributed by atoms with van der Waals surface area (Å²) in [6.07, 6.45) is 7.71. The zero-order valence-corrected chi connectivity index (χ0v) is 17.1. The standard InChI is InChI=1S/C19H22ClFN5OS/c1-24-5-2-18-25(6-7-26(18)24)12-15-16(20)10-13(11-17(15)21)19(22)23-27-14-3-8-28-9-4-14/h2,5-7,10-11,14H,3-4,8-9,12H2,1H3,(H2,22,23)/q+1. The van der Waals surface area contributed by atoms with Gasteiger partial charge < -0.3 is 10.6 Å². The third-order valence-corrected chi connectivity index (χ3v) is 6.32. The first-order chi connectivity index (χ1) is 13.5. The van der Waals surface area contributed by atoms with Crippen molar-refractivity contribution in [1.82, 2.24) is 9.20 Å². The summed E-state index contributed by atoms with van der Waals surface area (Å²) < 4.78 is 20.6. The first-order valence-corrected chi connectivity index (χ1v) is 10.6. The van der Waals surface area contributed by atoms with Crippen LogP contribution in [0.25, 0.3) is 5.65 Å². The highest BCUT2D eigenvalue weighted by molar-refractivity contribution is 7.99. The van der Waals surface area contributed by atoms with Crippen LogP contribution >= 0.6 is 23.4 Å². The quantitative estimate of drug-likeness (QED) is 0.297. The molecule has 9 heteroatoms. The lowest BCUT2D eigenvalue weighted by Crippen LogP contribution is -2.33. The van der Waals surface area contributed by atoms with Crippen molar-refractivity contribution in [2.45, 2.75) is 25.5 Å². The molecule has 1 fully saturated rings. The molecule has 0 bridgehead atoms. The highest BCUT2D eigenvalue weighted by Crippen LogP contribution is 2.23. The maximum Gasteiger partial charge on any atom is 0.307 e. The van der Waals surface area contributed by atoms with Gasteiger partial charge in [-0.15, -0.1) is 4.52 Å². The van der Waals surface area contributed by atoms with E-state index in [1.54, 1.807) is 6.07 Å². The Hall–Kier alpha value is -2.19. The largest absolute Gasteiger partial charge is 0.391 e. The van der Waals surface area contributed by atoms with Gasteiger partial charge in [0.05, 0.1) is 5.02 Å². The Morgan fingerprint density at radius 2 is 2.18 bits per heavy atom. The van der Waals surface area contributed by atoms with Crippen molar-refractivity contribution in [3.63, 3.8) is 0 Å². The smallest absolute Gasteiger partial charge is 0.307 e. The van der Waals surface area contributed by atoms with Crippen LogP contribution in [0.3, 0.4) is 0 Å². The van der Waals surface area contributed by atoms with Crippen molar-refractivity contribution in [2.75, 3.05) is 11.5 Å². The van der Waals surface area contributed by atoms with Crippen LogP contribution in [-0.4, -0.2) is 32.6 Å². The van der Waals surface area contributed by atoms with E-state index in [1.807, 2.05) is 57.2 Å². The number of nitrogens with two attached hydrogens (primary N) is 1. The molecule has 0 aliphatic carbocycles. The first kappa shape index (κ1) is 19.1. The predicted molar refractivity (Wildman–Crippen MR) is 109 cm³/mol. The van der Waals surface area contributed by atoms with Crippen LogP contribution in [0.4, 0.5) is 4.39 Å². The second kappa shape index (κ2) is 8.05. The lowest BCUT2D eigenvalue weighted by molar-refractivity contribution is -0.662. The van der Waals surface area contributed by atoms with Crippen LogP contribution in [-0.2, 0) is 18.4 Å². The molecule has 6 nitrogen and oxygen atoms in total. The molecule has 2 N–H and O–H groups in total. The van der Waals surface area contributed by atoms with E-state index >= 15 is 0 Å². The van der Waals surface area contributed by atoms with E-state index < -0.39 is 5.82 Å². The molecule has 1 aliphatic heterocycles. The monoisotopic (exact) mass is 422 g/mol. The summed E-state index contributed by atoms with van der Waals surface area (Å²) in [4.78, 5) is 5.52. The average Bonchev–Trinajstić information content (AvgIpc) is 3.26. The molecule has 0 saturated carbocycles. The number of benzene rings is 1. The first-order valence-electron chi connectivity index (χ1n) is 9.10. The third-order valence-electron chi connectivity index (χ3n) is 4.93.